The number of hydrogen-bond donors (Lipinski definition) is 0. The van der Waals surface area contributed by atoms with E-state index in [0.29, 0.717) is 5.02 Å². The highest BCUT2D eigenvalue weighted by molar-refractivity contribution is 7.86. The molecule has 0 fully saturated rings. The van der Waals surface area contributed by atoms with Crippen LogP contribution >= 0.6 is 11.6 Å². The topological polar surface area (TPSA) is 34.1 Å². The summed E-state index contributed by atoms with van der Waals surface area (Å²) in [4.78, 5) is -0.338. The summed E-state index contributed by atoms with van der Waals surface area (Å²) < 4.78 is 33.9. The van der Waals surface area contributed by atoms with Crippen LogP contribution in [0.5, 0.6) is 0 Å². The van der Waals surface area contributed by atoms with Crippen LogP contribution in [-0.2, 0) is 10.2 Å². The van der Waals surface area contributed by atoms with Gasteiger partial charge in [0, 0.05) is 5.02 Å². The quantitative estimate of drug-likeness (QED) is 0.781. The van der Waals surface area contributed by atoms with E-state index in [0.717, 1.165) is 11.1 Å². The standard InChI is InChI=1S/C12H8ClFO2S/c13-11-5-1-9(2-6-11)10-3-7-12(8-4-10)17(14,15)16/h1-8H. The molecular weight excluding hydrogens is 263 g/mol. The fourth-order valence-electron chi connectivity index (χ4n) is 1.45. The van der Waals surface area contributed by atoms with Crippen LogP contribution < -0.4 is 0 Å². The van der Waals surface area contributed by atoms with E-state index < -0.39 is 10.2 Å². The third kappa shape index (κ3) is 2.84. The first-order valence-electron chi connectivity index (χ1n) is 4.77. The summed E-state index contributed by atoms with van der Waals surface area (Å²) in [5.41, 5.74) is 1.69. The molecule has 2 nitrogen and oxygen atoms in total. The van der Waals surface area contributed by atoms with E-state index in [1.54, 1.807) is 36.4 Å². The summed E-state index contributed by atoms with van der Waals surface area (Å²) in [5, 5.41) is 0.622. The molecule has 0 aromatic heterocycles. The predicted molar refractivity (Wildman–Crippen MR) is 65.2 cm³/mol. The maximum atomic E-state index is 12.7. The fourth-order valence-corrected chi connectivity index (χ4v) is 2.04. The Morgan fingerprint density at radius 2 is 1.24 bits per heavy atom. The highest BCUT2D eigenvalue weighted by Gasteiger charge is 2.10. The molecule has 0 saturated carbocycles. The Balaban J connectivity index is 2.39. The average Bonchev–Trinajstić information content (AvgIpc) is 2.29. The number of rotatable bonds is 2. The second-order valence-electron chi connectivity index (χ2n) is 3.47. The van der Waals surface area contributed by atoms with Crippen molar-refractivity contribution in [2.75, 3.05) is 0 Å². The Morgan fingerprint density at radius 3 is 1.65 bits per heavy atom. The van der Waals surface area contributed by atoms with Crippen molar-refractivity contribution in [1.29, 1.82) is 0 Å². The van der Waals surface area contributed by atoms with Gasteiger partial charge in [0.05, 0.1) is 4.90 Å². The Hall–Kier alpha value is -1.39. The summed E-state index contributed by atoms with van der Waals surface area (Å²) in [7, 11) is -4.63. The van der Waals surface area contributed by atoms with E-state index in [4.69, 9.17) is 11.6 Å². The van der Waals surface area contributed by atoms with Gasteiger partial charge in [-0.2, -0.15) is 8.42 Å². The summed E-state index contributed by atoms with van der Waals surface area (Å²) in [5.74, 6) is 0. The van der Waals surface area contributed by atoms with E-state index in [-0.39, 0.29) is 4.90 Å². The SMILES string of the molecule is O=S(=O)(F)c1ccc(-c2ccc(Cl)cc2)cc1. The lowest BCUT2D eigenvalue weighted by Crippen LogP contribution is -1.91. The van der Waals surface area contributed by atoms with Crippen LogP contribution in [0.25, 0.3) is 11.1 Å². The largest absolute Gasteiger partial charge is 0.332 e. The van der Waals surface area contributed by atoms with Crippen molar-refractivity contribution in [2.24, 2.45) is 0 Å². The molecule has 0 spiro atoms. The first-order valence-corrected chi connectivity index (χ1v) is 6.53. The molecule has 0 bridgehead atoms. The summed E-state index contributed by atoms with van der Waals surface area (Å²) in [6.45, 7) is 0. The van der Waals surface area contributed by atoms with Crippen LogP contribution in [0.4, 0.5) is 3.89 Å². The average molecular weight is 271 g/mol. The minimum atomic E-state index is -4.63. The lowest BCUT2D eigenvalue weighted by Gasteiger charge is -2.02. The molecule has 0 atom stereocenters. The van der Waals surface area contributed by atoms with Gasteiger partial charge in [0.2, 0.25) is 0 Å². The molecule has 17 heavy (non-hydrogen) atoms. The second kappa shape index (κ2) is 4.47. The molecule has 2 aromatic carbocycles. The van der Waals surface area contributed by atoms with Gasteiger partial charge in [-0.05, 0) is 35.4 Å². The van der Waals surface area contributed by atoms with E-state index in [2.05, 4.69) is 0 Å². The molecule has 0 aliphatic heterocycles. The van der Waals surface area contributed by atoms with E-state index >= 15 is 0 Å². The summed E-state index contributed by atoms with van der Waals surface area (Å²) >= 11 is 5.76. The van der Waals surface area contributed by atoms with Crippen molar-refractivity contribution in [3.63, 3.8) is 0 Å². The predicted octanol–water partition coefficient (Wildman–Crippen LogP) is 3.67. The molecule has 0 aliphatic carbocycles. The molecule has 0 heterocycles. The van der Waals surface area contributed by atoms with Crippen molar-refractivity contribution in [3.8, 4) is 11.1 Å². The van der Waals surface area contributed by atoms with Gasteiger partial charge in [-0.15, -0.1) is 3.89 Å². The lowest BCUT2D eigenvalue weighted by molar-refractivity contribution is 0.552. The van der Waals surface area contributed by atoms with Gasteiger partial charge in [0.25, 0.3) is 0 Å². The highest BCUT2D eigenvalue weighted by atomic mass is 35.5. The number of halogens is 2. The van der Waals surface area contributed by atoms with Crippen molar-refractivity contribution in [1.82, 2.24) is 0 Å². The second-order valence-corrected chi connectivity index (χ2v) is 5.25. The molecule has 2 aromatic rings. The molecule has 5 heteroatoms. The zero-order chi connectivity index (χ0) is 12.5. The smallest absolute Gasteiger partial charge is 0.189 e. The minimum Gasteiger partial charge on any atom is -0.189 e. The van der Waals surface area contributed by atoms with Crippen LogP contribution in [-0.4, -0.2) is 8.42 Å². The molecule has 2 rings (SSSR count). The molecule has 88 valence electrons. The Labute approximate surface area is 104 Å². The zero-order valence-electron chi connectivity index (χ0n) is 8.60. The fraction of sp³-hybridized carbons (Fsp3) is 0. The van der Waals surface area contributed by atoms with Crippen molar-refractivity contribution < 1.29 is 12.3 Å². The van der Waals surface area contributed by atoms with Gasteiger partial charge in [-0.1, -0.05) is 35.9 Å². The van der Waals surface area contributed by atoms with Gasteiger partial charge in [-0.3, -0.25) is 0 Å². The molecule has 0 amide bonds. The van der Waals surface area contributed by atoms with Crippen molar-refractivity contribution >= 4 is 21.8 Å². The Bertz CT molecular complexity index is 619. The van der Waals surface area contributed by atoms with Gasteiger partial charge in [0.15, 0.2) is 0 Å². The third-order valence-corrected chi connectivity index (χ3v) is 3.40. The first kappa shape index (κ1) is 12.1. The molecule has 0 saturated heterocycles. The van der Waals surface area contributed by atoms with Gasteiger partial charge >= 0.3 is 10.2 Å². The van der Waals surface area contributed by atoms with Gasteiger partial charge in [-0.25, -0.2) is 0 Å². The van der Waals surface area contributed by atoms with E-state index in [1.807, 2.05) is 0 Å². The summed E-state index contributed by atoms with van der Waals surface area (Å²) in [6, 6.07) is 12.7. The Morgan fingerprint density at radius 1 is 0.824 bits per heavy atom. The first-order chi connectivity index (χ1) is 7.97. The monoisotopic (exact) mass is 270 g/mol. The molecule has 0 N–H and O–H groups in total. The van der Waals surface area contributed by atoms with E-state index in [9.17, 15) is 12.3 Å². The summed E-state index contributed by atoms with van der Waals surface area (Å²) in [6.07, 6.45) is 0. The maximum absolute atomic E-state index is 12.7. The molecular formula is C12H8ClFO2S. The maximum Gasteiger partial charge on any atom is 0.332 e. The van der Waals surface area contributed by atoms with Crippen LogP contribution in [0.3, 0.4) is 0 Å². The zero-order valence-corrected chi connectivity index (χ0v) is 10.2. The van der Waals surface area contributed by atoms with Crippen LogP contribution in [0, 0.1) is 0 Å². The highest BCUT2D eigenvalue weighted by Crippen LogP contribution is 2.23. The Kier molecular flexibility index (Phi) is 3.17. The van der Waals surface area contributed by atoms with Crippen LogP contribution in [0.1, 0.15) is 0 Å². The minimum absolute atomic E-state index is 0.338. The number of benzene rings is 2. The van der Waals surface area contributed by atoms with Gasteiger partial charge in [0.1, 0.15) is 0 Å². The number of hydrogen-bond acceptors (Lipinski definition) is 2. The normalized spacial score (nSPS) is 11.4. The molecule has 0 unspecified atom stereocenters. The van der Waals surface area contributed by atoms with Crippen molar-refractivity contribution in [2.45, 2.75) is 4.90 Å². The lowest BCUT2D eigenvalue weighted by atomic mass is 10.1. The van der Waals surface area contributed by atoms with Crippen molar-refractivity contribution in [3.05, 3.63) is 53.6 Å². The van der Waals surface area contributed by atoms with Crippen LogP contribution in [0.15, 0.2) is 53.4 Å². The van der Waals surface area contributed by atoms with Gasteiger partial charge < -0.3 is 0 Å². The molecule has 0 radical (unpaired) electrons. The molecule has 0 aliphatic rings. The third-order valence-electron chi connectivity index (χ3n) is 2.31. The van der Waals surface area contributed by atoms with E-state index in [1.165, 1.54) is 12.1 Å². The van der Waals surface area contributed by atoms with Crippen LogP contribution in [0.2, 0.25) is 5.02 Å².